The third kappa shape index (κ3) is 4.53. The third-order valence-corrected chi connectivity index (χ3v) is 5.45. The van der Waals surface area contributed by atoms with Gasteiger partial charge in [0.15, 0.2) is 0 Å². The van der Waals surface area contributed by atoms with Gasteiger partial charge in [-0.05, 0) is 41.0 Å². The largest absolute Gasteiger partial charge is 0.335 e. The lowest BCUT2D eigenvalue weighted by Crippen LogP contribution is -2.59. The van der Waals surface area contributed by atoms with Crippen molar-refractivity contribution in [2.24, 2.45) is 0 Å². The smallest absolute Gasteiger partial charge is 0.273 e. The van der Waals surface area contributed by atoms with E-state index in [4.69, 9.17) is 0 Å². The molecule has 0 unspecified atom stereocenters. The predicted octanol–water partition coefficient (Wildman–Crippen LogP) is 3.23. The minimum absolute atomic E-state index is 0.0651. The van der Waals surface area contributed by atoms with Crippen molar-refractivity contribution in [3.8, 4) is 11.1 Å². The summed E-state index contributed by atoms with van der Waals surface area (Å²) in [5.74, 6) is -0.285. The molecule has 1 saturated heterocycles. The average Bonchev–Trinajstić information content (AvgIpc) is 2.83. The van der Waals surface area contributed by atoms with Crippen molar-refractivity contribution < 1.29 is 9.59 Å². The molecule has 0 N–H and O–H groups in total. The van der Waals surface area contributed by atoms with Gasteiger partial charge < -0.3 is 9.80 Å². The number of carbonyl (C=O) groups is 2. The first-order valence-corrected chi connectivity index (χ1v) is 10.3. The highest BCUT2D eigenvalue weighted by atomic mass is 16.2. The highest BCUT2D eigenvalue weighted by molar-refractivity contribution is 5.97. The van der Waals surface area contributed by atoms with E-state index >= 15 is 0 Å². The Hall–Kier alpha value is -3.80. The van der Waals surface area contributed by atoms with Gasteiger partial charge in [-0.25, -0.2) is 0 Å². The SMILES string of the molecule is C=CCN1CCN(C(=O)c2ccccn2)[C@H](Cc2cccc(-c3ccncc3)c2)C1=O. The van der Waals surface area contributed by atoms with Crippen molar-refractivity contribution in [3.63, 3.8) is 0 Å². The first-order valence-electron chi connectivity index (χ1n) is 10.3. The summed E-state index contributed by atoms with van der Waals surface area (Å²) in [4.78, 5) is 38.1. The summed E-state index contributed by atoms with van der Waals surface area (Å²) in [6.07, 6.45) is 7.26. The molecule has 6 nitrogen and oxygen atoms in total. The summed E-state index contributed by atoms with van der Waals surface area (Å²) in [5.41, 5.74) is 3.45. The van der Waals surface area contributed by atoms with E-state index in [1.54, 1.807) is 52.7 Å². The molecule has 4 rings (SSSR count). The molecule has 0 spiro atoms. The van der Waals surface area contributed by atoms with Crippen LogP contribution >= 0.6 is 0 Å². The highest BCUT2D eigenvalue weighted by Gasteiger charge is 2.37. The quantitative estimate of drug-likeness (QED) is 0.583. The molecule has 0 saturated carbocycles. The Kier molecular flexibility index (Phi) is 6.17. The lowest BCUT2D eigenvalue weighted by Gasteiger charge is -2.40. The zero-order chi connectivity index (χ0) is 21.6. The van der Waals surface area contributed by atoms with E-state index < -0.39 is 6.04 Å². The fourth-order valence-electron chi connectivity index (χ4n) is 3.90. The lowest BCUT2D eigenvalue weighted by atomic mass is 9.97. The Morgan fingerprint density at radius 3 is 2.61 bits per heavy atom. The summed E-state index contributed by atoms with van der Waals surface area (Å²) < 4.78 is 0. The predicted molar refractivity (Wildman–Crippen MR) is 119 cm³/mol. The van der Waals surface area contributed by atoms with Crippen LogP contribution in [0.15, 0.2) is 85.8 Å². The summed E-state index contributed by atoms with van der Waals surface area (Å²) in [5, 5.41) is 0. The Morgan fingerprint density at radius 1 is 1.03 bits per heavy atom. The number of pyridine rings is 2. The molecule has 2 aromatic heterocycles. The standard InChI is InChI=1S/C25H24N4O2/c1-2-14-28-15-16-29(24(30)22-8-3-4-11-27-22)23(25(28)31)18-19-6-5-7-21(17-19)20-9-12-26-13-10-20/h2-13,17,23H,1,14-16,18H2/t23-/m1/s1. The molecule has 1 aliphatic rings. The number of hydrogen-bond acceptors (Lipinski definition) is 4. The monoisotopic (exact) mass is 412 g/mol. The maximum Gasteiger partial charge on any atom is 0.273 e. The topological polar surface area (TPSA) is 66.4 Å². The Bertz CT molecular complexity index is 1070. The number of benzene rings is 1. The summed E-state index contributed by atoms with van der Waals surface area (Å²) in [7, 11) is 0. The van der Waals surface area contributed by atoms with Gasteiger partial charge in [0.1, 0.15) is 11.7 Å². The van der Waals surface area contributed by atoms with Crippen LogP contribution in [0.3, 0.4) is 0 Å². The number of rotatable bonds is 6. The van der Waals surface area contributed by atoms with Crippen LogP contribution < -0.4 is 0 Å². The van der Waals surface area contributed by atoms with Gasteiger partial charge in [0, 0.05) is 44.6 Å². The second-order valence-electron chi connectivity index (χ2n) is 7.44. The Labute approximate surface area is 181 Å². The summed E-state index contributed by atoms with van der Waals surface area (Å²) in [6.45, 7) is 5.17. The first-order chi connectivity index (χ1) is 15.2. The molecule has 3 aromatic rings. The number of piperazine rings is 1. The molecule has 31 heavy (non-hydrogen) atoms. The first kappa shape index (κ1) is 20.5. The molecule has 2 amide bonds. The van der Waals surface area contributed by atoms with Gasteiger partial charge in [0.2, 0.25) is 5.91 Å². The van der Waals surface area contributed by atoms with Crippen molar-refractivity contribution in [1.29, 1.82) is 0 Å². The molecule has 1 aromatic carbocycles. The number of hydrogen-bond donors (Lipinski definition) is 0. The number of nitrogens with zero attached hydrogens (tertiary/aromatic N) is 4. The van der Waals surface area contributed by atoms with Crippen molar-refractivity contribution in [2.45, 2.75) is 12.5 Å². The van der Waals surface area contributed by atoms with Crippen LogP contribution in [0, 0.1) is 0 Å². The molecule has 0 bridgehead atoms. The molecule has 0 radical (unpaired) electrons. The molecular formula is C25H24N4O2. The van der Waals surface area contributed by atoms with Crippen LogP contribution in [0.2, 0.25) is 0 Å². The van der Waals surface area contributed by atoms with Crippen molar-refractivity contribution >= 4 is 11.8 Å². The maximum absolute atomic E-state index is 13.3. The number of aromatic nitrogens is 2. The maximum atomic E-state index is 13.3. The second-order valence-corrected chi connectivity index (χ2v) is 7.44. The Morgan fingerprint density at radius 2 is 1.87 bits per heavy atom. The van der Waals surface area contributed by atoms with Crippen molar-refractivity contribution in [3.05, 3.63) is 97.1 Å². The molecule has 0 aliphatic carbocycles. The normalized spacial score (nSPS) is 16.3. The number of carbonyl (C=O) groups excluding carboxylic acids is 2. The molecule has 6 heteroatoms. The van der Waals surface area contributed by atoms with Gasteiger partial charge in [-0.1, -0.05) is 36.4 Å². The van der Waals surface area contributed by atoms with Gasteiger partial charge in [0.05, 0.1) is 0 Å². The Balaban J connectivity index is 1.63. The van der Waals surface area contributed by atoms with E-state index in [1.165, 1.54) is 0 Å². The van der Waals surface area contributed by atoms with Crippen LogP contribution in [0.1, 0.15) is 16.1 Å². The van der Waals surface area contributed by atoms with Crippen LogP contribution in [-0.2, 0) is 11.2 Å². The summed E-state index contributed by atoms with van der Waals surface area (Å²) in [6, 6.07) is 16.6. The fraction of sp³-hybridized carbons (Fsp3) is 0.200. The zero-order valence-electron chi connectivity index (χ0n) is 17.2. The van der Waals surface area contributed by atoms with Crippen LogP contribution in [0.5, 0.6) is 0 Å². The minimum Gasteiger partial charge on any atom is -0.335 e. The molecule has 1 fully saturated rings. The van der Waals surface area contributed by atoms with Gasteiger partial charge in [0.25, 0.3) is 5.91 Å². The summed E-state index contributed by atoms with van der Waals surface area (Å²) >= 11 is 0. The van der Waals surface area contributed by atoms with Crippen molar-refractivity contribution in [1.82, 2.24) is 19.8 Å². The lowest BCUT2D eigenvalue weighted by molar-refractivity contribution is -0.139. The van der Waals surface area contributed by atoms with E-state index in [9.17, 15) is 9.59 Å². The highest BCUT2D eigenvalue weighted by Crippen LogP contribution is 2.23. The average molecular weight is 412 g/mol. The molecule has 3 heterocycles. The van der Waals surface area contributed by atoms with Crippen LogP contribution in [0.25, 0.3) is 11.1 Å². The molecule has 1 aliphatic heterocycles. The van der Waals surface area contributed by atoms with Gasteiger partial charge >= 0.3 is 0 Å². The van der Waals surface area contributed by atoms with Gasteiger partial charge in [-0.3, -0.25) is 19.6 Å². The van der Waals surface area contributed by atoms with Gasteiger partial charge in [-0.15, -0.1) is 6.58 Å². The van der Waals surface area contributed by atoms with Crippen LogP contribution in [-0.4, -0.2) is 57.3 Å². The number of amides is 2. The van der Waals surface area contributed by atoms with Gasteiger partial charge in [-0.2, -0.15) is 0 Å². The third-order valence-electron chi connectivity index (χ3n) is 5.45. The van der Waals surface area contributed by atoms with E-state index in [0.717, 1.165) is 16.7 Å². The zero-order valence-corrected chi connectivity index (χ0v) is 17.2. The molecule has 156 valence electrons. The van der Waals surface area contributed by atoms with E-state index in [0.29, 0.717) is 31.7 Å². The minimum atomic E-state index is -0.587. The fourth-order valence-corrected chi connectivity index (χ4v) is 3.90. The van der Waals surface area contributed by atoms with Crippen LogP contribution in [0.4, 0.5) is 0 Å². The second kappa shape index (κ2) is 9.34. The van der Waals surface area contributed by atoms with E-state index in [2.05, 4.69) is 22.6 Å². The molecular weight excluding hydrogens is 388 g/mol. The molecule has 1 atom stereocenters. The van der Waals surface area contributed by atoms with Crippen molar-refractivity contribution in [2.75, 3.05) is 19.6 Å². The van der Waals surface area contributed by atoms with E-state index in [-0.39, 0.29) is 11.8 Å². The van der Waals surface area contributed by atoms with E-state index in [1.807, 2.05) is 30.3 Å².